The lowest BCUT2D eigenvalue weighted by Gasteiger charge is -2.72. The van der Waals surface area contributed by atoms with Crippen LogP contribution in [0.4, 0.5) is 0 Å². The summed E-state index contributed by atoms with van der Waals surface area (Å²) in [5, 5.41) is 22.4. The highest BCUT2D eigenvalue weighted by atomic mass is 16.5. The number of aliphatic hydroxyl groups is 1. The Morgan fingerprint density at radius 3 is 2.19 bits per heavy atom. The van der Waals surface area contributed by atoms with E-state index in [4.69, 9.17) is 4.74 Å². The zero-order valence-corrected chi connectivity index (χ0v) is 37.6. The summed E-state index contributed by atoms with van der Waals surface area (Å²) in [6.45, 7) is 23.5. The van der Waals surface area contributed by atoms with Crippen LogP contribution < -0.4 is 0 Å². The average Bonchev–Trinajstić information content (AvgIpc) is 3.45. The van der Waals surface area contributed by atoms with E-state index in [1.165, 1.54) is 5.57 Å². The first kappa shape index (κ1) is 44.5. The van der Waals surface area contributed by atoms with Crippen LogP contribution in [0.1, 0.15) is 139 Å². The summed E-state index contributed by atoms with van der Waals surface area (Å²) in [6.07, 6.45) is 6.84. The molecule has 0 heterocycles. The zero-order chi connectivity index (χ0) is 42.8. The van der Waals surface area contributed by atoms with Crippen molar-refractivity contribution in [3.63, 3.8) is 0 Å². The average molecular weight is 803 g/mol. The number of carboxylic acid groups (broad SMARTS) is 1. The highest BCUT2D eigenvalue weighted by Gasteiger charge is 2.71. The molecule has 0 spiro atoms. The molecule has 9 nitrogen and oxygen atoms in total. The van der Waals surface area contributed by atoms with Gasteiger partial charge in [0, 0.05) is 57.4 Å². The topological polar surface area (TPSA) is 124 Å². The van der Waals surface area contributed by atoms with Gasteiger partial charge in [-0.1, -0.05) is 84.4 Å². The largest absolute Gasteiger partial charge is 0.481 e. The lowest BCUT2D eigenvalue weighted by molar-refractivity contribution is -0.235. The number of ketones is 1. The number of likely N-dealkylation sites (N-methyl/N-ethyl adjacent to an activating group) is 1. The maximum Gasteiger partial charge on any atom is 0.309 e. The predicted molar refractivity (Wildman–Crippen MR) is 226 cm³/mol. The fourth-order valence-electron chi connectivity index (χ4n) is 13.9. The van der Waals surface area contributed by atoms with Crippen LogP contribution in [0.3, 0.4) is 0 Å². The van der Waals surface area contributed by atoms with Crippen LogP contribution in [0.15, 0.2) is 41.5 Å². The van der Waals surface area contributed by atoms with Gasteiger partial charge in [-0.15, -0.1) is 0 Å². The summed E-state index contributed by atoms with van der Waals surface area (Å²) in [5.41, 5.74) is 1.33. The Morgan fingerprint density at radius 1 is 0.897 bits per heavy atom. The number of esters is 1. The third kappa shape index (κ3) is 7.40. The number of aliphatic carboxylic acids is 1. The first-order valence-corrected chi connectivity index (χ1v) is 22.3. The Bertz CT molecular complexity index is 1790. The number of carbonyl (C=O) groups is 4. The first-order valence-electron chi connectivity index (χ1n) is 22.3. The molecule has 4 fully saturated rings. The molecule has 2 N–H and O–H groups in total. The molecule has 5 aliphatic carbocycles. The molecule has 9 atom stereocenters. The normalized spacial score (nSPS) is 34.8. The number of fused-ring (bicyclic) bond motifs is 7. The standard InChI is InChI=1S/C49H74N2O7/c1-31(2)41-35(53)27-49(38(54)30-51(26-25-50(11)32(3)52)29-33-15-13-12-14-16-33)24-23-47(9)34(42(41)49)17-18-37-46(8)21-20-39(58-40(55)28-44(4,5)43(56)57)45(6,7)36(46)19-22-48(37,47)10/h12-16,31,34,36-39,54H,17-30H2,1-11H3,(H,56,57)/t34-,36+,37-,38?,39+,46+,47-,48-,49?/m1/s1. The molecule has 1 amide bonds. The van der Waals surface area contributed by atoms with E-state index in [2.05, 4.69) is 65.5 Å². The van der Waals surface area contributed by atoms with Crippen molar-refractivity contribution in [1.29, 1.82) is 0 Å². The molecule has 0 radical (unpaired) electrons. The number of hydrogen-bond donors (Lipinski definition) is 2. The number of carbonyl (C=O) groups excluding carboxylic acids is 3. The number of benzene rings is 1. The van der Waals surface area contributed by atoms with E-state index in [0.717, 1.165) is 62.5 Å². The molecule has 322 valence electrons. The third-order valence-electron chi connectivity index (χ3n) is 17.5. The Morgan fingerprint density at radius 2 is 1.57 bits per heavy atom. The number of amides is 1. The minimum atomic E-state index is -1.18. The molecular formula is C49H74N2O7. The lowest BCUT2D eigenvalue weighted by Crippen LogP contribution is -2.66. The second-order valence-corrected chi connectivity index (χ2v) is 21.7. The maximum atomic E-state index is 14.3. The molecule has 58 heavy (non-hydrogen) atoms. The molecule has 2 unspecified atom stereocenters. The van der Waals surface area contributed by atoms with Crippen LogP contribution >= 0.6 is 0 Å². The molecule has 6 rings (SSSR count). The fourth-order valence-corrected chi connectivity index (χ4v) is 13.9. The van der Waals surface area contributed by atoms with Gasteiger partial charge in [-0.2, -0.15) is 0 Å². The van der Waals surface area contributed by atoms with Gasteiger partial charge >= 0.3 is 11.9 Å². The molecule has 0 aliphatic heterocycles. The van der Waals surface area contributed by atoms with Crippen LogP contribution in [-0.4, -0.2) is 82.5 Å². The number of hydrogen-bond acceptors (Lipinski definition) is 7. The Kier molecular flexibility index (Phi) is 12.1. The van der Waals surface area contributed by atoms with Crippen molar-refractivity contribution < 1.29 is 34.1 Å². The SMILES string of the molecule is CC(=O)N(C)CCN(Cc1ccccc1)CC(O)C12CC[C@]3(C)[C@H](CC[C@@H]4[C@@]5(C)CC[C@H](OC(=O)CC(C)(C)C(=O)O)C(C)(C)[C@@H]5CC[C@]43C)C1=C(C(C)C)C(=O)C2. The zero-order valence-electron chi connectivity index (χ0n) is 37.6. The molecule has 5 aliphatic rings. The van der Waals surface area contributed by atoms with Crippen molar-refractivity contribution in [1.82, 2.24) is 9.80 Å². The second-order valence-electron chi connectivity index (χ2n) is 21.7. The Balaban J connectivity index is 1.29. The van der Waals surface area contributed by atoms with E-state index in [1.54, 1.807) is 25.7 Å². The smallest absolute Gasteiger partial charge is 0.309 e. The number of carboxylic acids is 1. The van der Waals surface area contributed by atoms with E-state index >= 15 is 0 Å². The lowest BCUT2D eigenvalue weighted by atomic mass is 9.33. The van der Waals surface area contributed by atoms with Gasteiger partial charge < -0.3 is 19.8 Å². The van der Waals surface area contributed by atoms with Gasteiger partial charge in [-0.3, -0.25) is 24.1 Å². The van der Waals surface area contributed by atoms with Crippen LogP contribution in [-0.2, 0) is 30.5 Å². The molecule has 9 heteroatoms. The van der Waals surface area contributed by atoms with Crippen molar-refractivity contribution in [2.24, 2.45) is 56.2 Å². The van der Waals surface area contributed by atoms with Gasteiger partial charge in [0.1, 0.15) is 6.10 Å². The van der Waals surface area contributed by atoms with E-state index in [9.17, 15) is 29.4 Å². The Labute approximate surface area is 348 Å². The number of nitrogens with zero attached hydrogens (tertiary/aromatic N) is 2. The summed E-state index contributed by atoms with van der Waals surface area (Å²) < 4.78 is 6.19. The molecule has 4 saturated carbocycles. The second kappa shape index (κ2) is 15.8. The number of rotatable bonds is 13. The van der Waals surface area contributed by atoms with Crippen LogP contribution in [0.25, 0.3) is 0 Å². The van der Waals surface area contributed by atoms with Crippen molar-refractivity contribution in [3.05, 3.63) is 47.0 Å². The van der Waals surface area contributed by atoms with Crippen LogP contribution in [0, 0.1) is 56.2 Å². The van der Waals surface area contributed by atoms with Gasteiger partial charge in [-0.25, -0.2) is 0 Å². The monoisotopic (exact) mass is 803 g/mol. The van der Waals surface area contributed by atoms with Crippen LogP contribution in [0.5, 0.6) is 0 Å². The molecule has 0 aromatic heterocycles. The number of Topliss-reactive ketones (excluding diaryl/α,β-unsaturated/α-hetero) is 1. The number of ether oxygens (including phenoxy) is 1. The van der Waals surface area contributed by atoms with E-state index in [1.807, 2.05) is 25.2 Å². The van der Waals surface area contributed by atoms with Crippen LogP contribution in [0.2, 0.25) is 0 Å². The first-order chi connectivity index (χ1) is 26.9. The third-order valence-corrected chi connectivity index (χ3v) is 17.5. The van der Waals surface area contributed by atoms with Gasteiger partial charge in [0.15, 0.2) is 5.78 Å². The van der Waals surface area contributed by atoms with E-state index in [0.29, 0.717) is 44.4 Å². The summed E-state index contributed by atoms with van der Waals surface area (Å²) in [6, 6.07) is 10.3. The van der Waals surface area contributed by atoms with E-state index < -0.39 is 28.9 Å². The van der Waals surface area contributed by atoms with Crippen molar-refractivity contribution >= 4 is 23.6 Å². The summed E-state index contributed by atoms with van der Waals surface area (Å²) in [7, 11) is 1.82. The van der Waals surface area contributed by atoms with Crippen molar-refractivity contribution in [3.8, 4) is 0 Å². The molecule has 0 saturated heterocycles. The summed E-state index contributed by atoms with van der Waals surface area (Å²) >= 11 is 0. The predicted octanol–water partition coefficient (Wildman–Crippen LogP) is 8.72. The number of allylic oxidation sites excluding steroid dienone is 1. The quantitative estimate of drug-likeness (QED) is 0.190. The minimum absolute atomic E-state index is 0.0146. The summed E-state index contributed by atoms with van der Waals surface area (Å²) in [5.74, 6) is -0.119. The van der Waals surface area contributed by atoms with Gasteiger partial charge in [0.25, 0.3) is 0 Å². The van der Waals surface area contributed by atoms with Gasteiger partial charge in [-0.05, 0) is 116 Å². The Hall–Kier alpha value is -3.04. The molecule has 1 aromatic carbocycles. The molecule has 1 aromatic rings. The highest BCUT2D eigenvalue weighted by Crippen LogP contribution is 2.77. The van der Waals surface area contributed by atoms with Crippen molar-refractivity contribution in [2.45, 2.75) is 152 Å². The van der Waals surface area contributed by atoms with E-state index in [-0.39, 0.29) is 57.7 Å². The maximum absolute atomic E-state index is 14.3. The van der Waals surface area contributed by atoms with Crippen molar-refractivity contribution in [2.75, 3.05) is 26.7 Å². The van der Waals surface area contributed by atoms with Gasteiger partial charge in [0.05, 0.1) is 17.9 Å². The molecular weight excluding hydrogens is 729 g/mol. The minimum Gasteiger partial charge on any atom is -0.481 e. The summed E-state index contributed by atoms with van der Waals surface area (Å²) in [4.78, 5) is 55.5. The number of aliphatic hydroxyl groups excluding tert-OH is 1. The fraction of sp³-hybridized carbons (Fsp3) is 0.755. The van der Waals surface area contributed by atoms with Gasteiger partial charge in [0.2, 0.25) is 5.91 Å². The molecule has 0 bridgehead atoms. The highest BCUT2D eigenvalue weighted by molar-refractivity contribution is 6.00.